The van der Waals surface area contributed by atoms with Gasteiger partial charge in [-0.25, -0.2) is 27.1 Å². The Morgan fingerprint density at radius 2 is 1.29 bits per heavy atom. The van der Waals surface area contributed by atoms with Crippen molar-refractivity contribution in [2.24, 2.45) is 10.3 Å². The summed E-state index contributed by atoms with van der Waals surface area (Å²) in [4.78, 5) is 21.8. The van der Waals surface area contributed by atoms with Crippen LogP contribution in [0.1, 0.15) is 32.4 Å². The molecule has 10 nitrogen and oxygen atoms in total. The van der Waals surface area contributed by atoms with E-state index in [2.05, 4.69) is 15.9 Å². The second-order valence-electron chi connectivity index (χ2n) is 6.93. The molecule has 34 heavy (non-hydrogen) atoms. The van der Waals surface area contributed by atoms with Crippen LogP contribution in [0.25, 0.3) is 0 Å². The molecule has 0 spiro atoms. The Labute approximate surface area is 208 Å². The second-order valence-corrected chi connectivity index (χ2v) is 10.8. The van der Waals surface area contributed by atoms with Crippen molar-refractivity contribution in [1.82, 2.24) is 0 Å². The van der Waals surface area contributed by atoms with Crippen LogP contribution in [0.5, 0.6) is 11.5 Å². The Bertz CT molecular complexity index is 1260. The fourth-order valence-electron chi connectivity index (χ4n) is 2.71. The van der Waals surface area contributed by atoms with Gasteiger partial charge in [-0.1, -0.05) is 29.4 Å². The van der Waals surface area contributed by atoms with Gasteiger partial charge in [0.25, 0.3) is 0 Å². The molecule has 0 unspecified atom stereocenters. The minimum Gasteiger partial charge on any atom is -0.495 e. The molecule has 0 aliphatic carbocycles. The number of carbonyl (C=O) groups excluding carboxylic acids is 2. The maximum atomic E-state index is 11.3. The summed E-state index contributed by atoms with van der Waals surface area (Å²) in [5.74, 6) is 0.245. The average molecular weight is 582 g/mol. The summed E-state index contributed by atoms with van der Waals surface area (Å²) in [6, 6.07) is 7.22. The van der Waals surface area contributed by atoms with E-state index in [0.717, 1.165) is 0 Å². The van der Waals surface area contributed by atoms with Crippen molar-refractivity contribution < 1.29 is 35.9 Å². The Morgan fingerprint density at radius 1 is 0.824 bits per heavy atom. The summed E-state index contributed by atoms with van der Waals surface area (Å²) in [5.41, 5.74) is 1.35. The molecule has 190 valence electrons. The third-order valence-electron chi connectivity index (χ3n) is 4.07. The van der Waals surface area contributed by atoms with Crippen molar-refractivity contribution >= 4 is 47.5 Å². The number of nitrogens with two attached hydrogens (primary N) is 2. The third-order valence-corrected chi connectivity index (χ3v) is 6.69. The van der Waals surface area contributed by atoms with Crippen molar-refractivity contribution in [2.75, 3.05) is 14.2 Å². The van der Waals surface area contributed by atoms with Crippen LogP contribution in [-0.4, -0.2) is 42.6 Å². The van der Waals surface area contributed by atoms with E-state index in [0.29, 0.717) is 15.6 Å². The lowest BCUT2D eigenvalue weighted by Crippen LogP contribution is -2.14. The Morgan fingerprint density at radius 3 is 1.71 bits per heavy atom. The maximum Gasteiger partial charge on any atom is 0.241 e. The molecule has 0 aliphatic heterocycles. The molecule has 0 saturated carbocycles. The molecule has 2 aromatic carbocycles. The van der Waals surface area contributed by atoms with Gasteiger partial charge in [0.2, 0.25) is 20.0 Å². The van der Waals surface area contributed by atoms with Crippen molar-refractivity contribution in [3.8, 4) is 11.5 Å². The largest absolute Gasteiger partial charge is 0.495 e. The number of benzene rings is 2. The molecule has 0 amide bonds. The summed E-state index contributed by atoms with van der Waals surface area (Å²) in [7, 11) is -4.96. The number of halogens is 1. The van der Waals surface area contributed by atoms with Crippen molar-refractivity contribution in [2.45, 2.75) is 43.9 Å². The molecular formula is C21H29BrN2O8S2. The molecule has 0 radical (unpaired) electrons. The molecular weight excluding hydrogens is 552 g/mol. The fraction of sp³-hybridized carbons (Fsp3) is 0.333. The lowest BCUT2D eigenvalue weighted by atomic mass is 10.1. The van der Waals surface area contributed by atoms with Gasteiger partial charge in [-0.3, -0.25) is 9.59 Å². The van der Waals surface area contributed by atoms with Crippen molar-refractivity contribution in [3.05, 3.63) is 45.9 Å². The minimum atomic E-state index is -3.85. The zero-order valence-electron chi connectivity index (χ0n) is 18.4. The van der Waals surface area contributed by atoms with Gasteiger partial charge in [-0.05, 0) is 49.2 Å². The Kier molecular flexibility index (Phi) is 12.1. The minimum absolute atomic E-state index is 0. The van der Waals surface area contributed by atoms with E-state index in [1.54, 1.807) is 6.07 Å². The van der Waals surface area contributed by atoms with Gasteiger partial charge < -0.3 is 9.47 Å². The number of hydrogen-bond donors (Lipinski definition) is 2. The monoisotopic (exact) mass is 580 g/mol. The molecule has 4 N–H and O–H groups in total. The van der Waals surface area contributed by atoms with E-state index in [9.17, 15) is 26.4 Å². The lowest BCUT2D eigenvalue weighted by Gasteiger charge is -2.10. The first kappa shape index (κ1) is 31.7. The molecule has 0 atom stereocenters. The number of Topliss-reactive ketones (excluding diaryl/α,β-unsaturated/α-hetero) is 2. The van der Waals surface area contributed by atoms with Crippen LogP contribution in [0.3, 0.4) is 0 Å². The number of primary sulfonamides is 2. The van der Waals surface area contributed by atoms with Crippen LogP contribution in [0.4, 0.5) is 0 Å². The molecule has 0 aromatic heterocycles. The first-order chi connectivity index (χ1) is 15.1. The Hall–Kier alpha value is -2.32. The lowest BCUT2D eigenvalue weighted by molar-refractivity contribution is -0.117. The smallest absolute Gasteiger partial charge is 0.241 e. The van der Waals surface area contributed by atoms with Gasteiger partial charge in [0, 0.05) is 17.3 Å². The van der Waals surface area contributed by atoms with Gasteiger partial charge in [0.05, 0.1) is 14.2 Å². The number of ketones is 2. The molecule has 13 heteroatoms. The van der Waals surface area contributed by atoms with Gasteiger partial charge in [-0.15, -0.1) is 0 Å². The molecule has 2 aromatic rings. The third kappa shape index (κ3) is 9.50. The molecule has 0 aliphatic rings. The van der Waals surface area contributed by atoms with E-state index < -0.39 is 20.0 Å². The molecule has 0 fully saturated rings. The second kappa shape index (κ2) is 13.0. The highest BCUT2D eigenvalue weighted by Gasteiger charge is 2.18. The molecule has 0 heterocycles. The maximum absolute atomic E-state index is 11.3. The van der Waals surface area contributed by atoms with Crippen molar-refractivity contribution in [3.63, 3.8) is 0 Å². The summed E-state index contributed by atoms with van der Waals surface area (Å²) >= 11 is 3.20. The first-order valence-corrected chi connectivity index (χ1v) is 13.1. The normalized spacial score (nSPS) is 10.9. The average Bonchev–Trinajstić information content (AvgIpc) is 2.67. The van der Waals surface area contributed by atoms with E-state index in [-0.39, 0.29) is 53.1 Å². The number of sulfonamides is 2. The topological polar surface area (TPSA) is 173 Å². The van der Waals surface area contributed by atoms with Crippen LogP contribution in [-0.2, 0) is 42.5 Å². The zero-order valence-corrected chi connectivity index (χ0v) is 21.6. The number of ether oxygens (including phenoxy) is 2. The zero-order chi connectivity index (χ0) is 25.6. The predicted octanol–water partition coefficient (Wildman–Crippen LogP) is 2.35. The standard InChI is InChI=1S/C10H12BrNO4S.C10H13NO4S.CH4/c1-6(13)3-7-4-9(16-2)10(5-8(7)11)17(12,14)15;1-7(12)5-8-3-4-10(16(11,13)14)9(6-8)15-2;/h4-5H,3H2,1-2H3,(H2,12,14,15);3-4,6H,5H2,1-2H3,(H2,11,13,14);1H4. The van der Waals surface area contributed by atoms with E-state index in [1.165, 1.54) is 52.3 Å². The first-order valence-electron chi connectivity index (χ1n) is 9.18. The molecule has 0 saturated heterocycles. The SMILES string of the molecule is C.COc1cc(CC(C)=O)c(Br)cc1S(N)(=O)=O.COc1cc(CC(C)=O)ccc1S(N)(=O)=O. The highest BCUT2D eigenvalue weighted by atomic mass is 79.9. The molecule has 0 bridgehead atoms. The summed E-state index contributed by atoms with van der Waals surface area (Å²) < 4.78 is 55.4. The predicted molar refractivity (Wildman–Crippen MR) is 132 cm³/mol. The van der Waals surface area contributed by atoms with Crippen LogP contribution >= 0.6 is 15.9 Å². The Balaban J connectivity index is 0.000000623. The fourth-order valence-corrected chi connectivity index (χ4v) is 4.73. The van der Waals surface area contributed by atoms with E-state index in [1.807, 2.05) is 0 Å². The summed E-state index contributed by atoms with van der Waals surface area (Å²) in [5, 5.41) is 10.1. The summed E-state index contributed by atoms with van der Waals surface area (Å²) in [6.07, 6.45) is 0.434. The quantitative estimate of drug-likeness (QED) is 0.478. The highest BCUT2D eigenvalue weighted by Crippen LogP contribution is 2.30. The number of rotatable bonds is 8. The van der Waals surface area contributed by atoms with Gasteiger partial charge >= 0.3 is 0 Å². The highest BCUT2D eigenvalue weighted by molar-refractivity contribution is 9.10. The van der Waals surface area contributed by atoms with Gasteiger partial charge in [0.15, 0.2) is 0 Å². The van der Waals surface area contributed by atoms with E-state index in [4.69, 9.17) is 19.8 Å². The van der Waals surface area contributed by atoms with Crippen LogP contribution in [0, 0.1) is 0 Å². The van der Waals surface area contributed by atoms with E-state index >= 15 is 0 Å². The number of carbonyl (C=O) groups is 2. The number of methoxy groups -OCH3 is 2. The van der Waals surface area contributed by atoms with Gasteiger partial charge in [-0.2, -0.15) is 0 Å². The summed E-state index contributed by atoms with van der Waals surface area (Å²) in [6.45, 7) is 2.91. The van der Waals surface area contributed by atoms with Crippen LogP contribution in [0.15, 0.2) is 44.6 Å². The van der Waals surface area contributed by atoms with Crippen LogP contribution in [0.2, 0.25) is 0 Å². The number of hydrogen-bond acceptors (Lipinski definition) is 8. The van der Waals surface area contributed by atoms with Crippen molar-refractivity contribution in [1.29, 1.82) is 0 Å². The van der Waals surface area contributed by atoms with Crippen LogP contribution < -0.4 is 19.8 Å². The van der Waals surface area contributed by atoms with Gasteiger partial charge in [0.1, 0.15) is 32.9 Å². The molecule has 2 rings (SSSR count).